The van der Waals surface area contributed by atoms with Crippen molar-refractivity contribution in [2.24, 2.45) is 0 Å². The van der Waals surface area contributed by atoms with Crippen molar-refractivity contribution < 1.29 is 4.74 Å². The van der Waals surface area contributed by atoms with Crippen molar-refractivity contribution in [2.45, 2.75) is 50.4 Å². The van der Waals surface area contributed by atoms with Crippen LogP contribution in [0.25, 0.3) is 0 Å². The molecular weight excluding hydrogens is 294 g/mol. The second-order valence-electron chi connectivity index (χ2n) is 7.28. The Hall–Kier alpha value is -1.64. The minimum absolute atomic E-state index is 0.272. The first-order valence-electron chi connectivity index (χ1n) is 9.05. The fraction of sp³-hybridized carbons (Fsp3) is 0.455. The second-order valence-corrected chi connectivity index (χ2v) is 7.28. The van der Waals surface area contributed by atoms with E-state index >= 15 is 0 Å². The molecule has 0 bridgehead atoms. The smallest absolute Gasteiger partial charge is 0.0720 e. The molecule has 2 aromatic carbocycles. The highest BCUT2D eigenvalue weighted by molar-refractivity contribution is 5.18. The maximum Gasteiger partial charge on any atom is 0.0720 e. The summed E-state index contributed by atoms with van der Waals surface area (Å²) in [5, 5.41) is 0. The van der Waals surface area contributed by atoms with Crippen LogP contribution in [-0.2, 0) is 17.8 Å². The van der Waals surface area contributed by atoms with Crippen molar-refractivity contribution in [1.82, 2.24) is 4.90 Å². The third-order valence-corrected chi connectivity index (χ3v) is 5.52. The van der Waals surface area contributed by atoms with Gasteiger partial charge in [-0.2, -0.15) is 0 Å². The van der Waals surface area contributed by atoms with E-state index in [1.165, 1.54) is 24.0 Å². The Balaban J connectivity index is 1.56. The quantitative estimate of drug-likeness (QED) is 0.765. The molecule has 128 valence electrons. The summed E-state index contributed by atoms with van der Waals surface area (Å²) in [7, 11) is 4.46. The van der Waals surface area contributed by atoms with Crippen molar-refractivity contribution >= 4 is 0 Å². The Morgan fingerprint density at radius 3 is 1.96 bits per heavy atom. The minimum Gasteiger partial charge on any atom is -0.374 e. The first-order valence-corrected chi connectivity index (χ1v) is 9.05. The van der Waals surface area contributed by atoms with E-state index in [9.17, 15) is 0 Å². The molecule has 1 fully saturated rings. The van der Waals surface area contributed by atoms with Gasteiger partial charge in [0.2, 0.25) is 0 Å². The van der Waals surface area contributed by atoms with Gasteiger partial charge in [0.1, 0.15) is 0 Å². The van der Waals surface area contributed by atoms with Gasteiger partial charge >= 0.3 is 0 Å². The van der Waals surface area contributed by atoms with Gasteiger partial charge in [0, 0.05) is 5.54 Å². The lowest BCUT2D eigenvalue weighted by Gasteiger charge is -2.45. The summed E-state index contributed by atoms with van der Waals surface area (Å²) in [6.45, 7) is 0.735. The number of benzene rings is 2. The molecule has 0 N–H and O–H groups in total. The highest BCUT2D eigenvalue weighted by Crippen LogP contribution is 2.36. The third-order valence-electron chi connectivity index (χ3n) is 5.52. The van der Waals surface area contributed by atoms with Crippen molar-refractivity contribution in [1.29, 1.82) is 0 Å². The maximum atomic E-state index is 6.17. The Kier molecular flexibility index (Phi) is 5.70. The lowest BCUT2D eigenvalue weighted by molar-refractivity contribution is -0.0230. The van der Waals surface area contributed by atoms with Gasteiger partial charge in [-0.15, -0.1) is 0 Å². The van der Waals surface area contributed by atoms with Crippen LogP contribution < -0.4 is 0 Å². The molecule has 0 unspecified atom stereocenters. The van der Waals surface area contributed by atoms with Crippen LogP contribution in [0.5, 0.6) is 0 Å². The summed E-state index contributed by atoms with van der Waals surface area (Å²) in [6.07, 6.45) is 6.24. The average Bonchev–Trinajstić information content (AvgIpc) is 2.63. The molecule has 0 amide bonds. The second kappa shape index (κ2) is 7.96. The van der Waals surface area contributed by atoms with E-state index < -0.39 is 0 Å². The standard InChI is InChI=1S/C22H29NO/c1-23(2)22(17-19-9-5-3-6-10-19)15-13-21(14-16-22)24-18-20-11-7-4-8-12-20/h3-12,21H,13-18H2,1-2H3. The summed E-state index contributed by atoms with van der Waals surface area (Å²) in [6, 6.07) is 21.4. The molecule has 2 nitrogen and oxygen atoms in total. The van der Waals surface area contributed by atoms with Crippen LogP contribution in [0.4, 0.5) is 0 Å². The zero-order valence-corrected chi connectivity index (χ0v) is 14.9. The van der Waals surface area contributed by atoms with Crippen LogP contribution in [0.2, 0.25) is 0 Å². The highest BCUT2D eigenvalue weighted by atomic mass is 16.5. The zero-order chi connectivity index (χ0) is 16.8. The van der Waals surface area contributed by atoms with E-state index in [2.05, 4.69) is 79.7 Å². The Morgan fingerprint density at radius 1 is 0.875 bits per heavy atom. The van der Waals surface area contributed by atoms with Gasteiger partial charge in [0.25, 0.3) is 0 Å². The monoisotopic (exact) mass is 323 g/mol. The molecule has 0 saturated heterocycles. The average molecular weight is 323 g/mol. The number of rotatable bonds is 6. The van der Waals surface area contributed by atoms with Crippen LogP contribution in [0, 0.1) is 0 Å². The van der Waals surface area contributed by atoms with E-state index in [-0.39, 0.29) is 5.54 Å². The van der Waals surface area contributed by atoms with Crippen LogP contribution in [0.15, 0.2) is 60.7 Å². The molecule has 1 aliphatic carbocycles. The lowest BCUT2D eigenvalue weighted by atomic mass is 9.75. The summed E-state index contributed by atoms with van der Waals surface area (Å²) < 4.78 is 6.17. The van der Waals surface area contributed by atoms with Gasteiger partial charge in [-0.3, -0.25) is 0 Å². The molecule has 24 heavy (non-hydrogen) atoms. The number of hydrogen-bond acceptors (Lipinski definition) is 2. The van der Waals surface area contributed by atoms with Crippen LogP contribution in [0.1, 0.15) is 36.8 Å². The Bertz CT molecular complexity index is 600. The molecule has 2 heteroatoms. The summed E-state index contributed by atoms with van der Waals surface area (Å²) in [5.74, 6) is 0. The maximum absolute atomic E-state index is 6.17. The van der Waals surface area contributed by atoms with E-state index in [1.807, 2.05) is 0 Å². The molecule has 0 spiro atoms. The molecule has 1 saturated carbocycles. The van der Waals surface area contributed by atoms with Crippen molar-refractivity contribution in [2.75, 3.05) is 14.1 Å². The predicted molar refractivity (Wildman–Crippen MR) is 100 cm³/mol. The molecule has 1 aliphatic rings. The Morgan fingerprint density at radius 2 is 1.42 bits per heavy atom. The molecule has 0 radical (unpaired) electrons. The largest absolute Gasteiger partial charge is 0.374 e. The van der Waals surface area contributed by atoms with Crippen molar-refractivity contribution in [3.8, 4) is 0 Å². The number of likely N-dealkylation sites (N-methyl/N-ethyl adjacent to an activating group) is 1. The van der Waals surface area contributed by atoms with Crippen molar-refractivity contribution in [3.05, 3.63) is 71.8 Å². The normalized spacial score (nSPS) is 24.2. The Labute approximate surface area is 146 Å². The molecule has 0 aliphatic heterocycles. The summed E-state index contributed by atoms with van der Waals surface area (Å²) in [5.41, 5.74) is 2.98. The highest BCUT2D eigenvalue weighted by Gasteiger charge is 2.37. The first-order chi connectivity index (χ1) is 11.7. The molecular formula is C22H29NO. The van der Waals surface area contributed by atoms with Gasteiger partial charge in [0.15, 0.2) is 0 Å². The minimum atomic E-state index is 0.272. The predicted octanol–water partition coefficient (Wildman–Crippen LogP) is 4.69. The third kappa shape index (κ3) is 4.25. The van der Waals surface area contributed by atoms with Gasteiger partial charge < -0.3 is 9.64 Å². The van der Waals surface area contributed by atoms with Crippen LogP contribution in [-0.4, -0.2) is 30.6 Å². The molecule has 0 heterocycles. The SMILES string of the molecule is CN(C)C1(Cc2ccccc2)CCC(OCc2ccccc2)CC1. The first kappa shape index (κ1) is 17.2. The van der Waals surface area contributed by atoms with Gasteiger partial charge in [-0.1, -0.05) is 60.7 Å². The molecule has 2 aromatic rings. The van der Waals surface area contributed by atoms with Crippen molar-refractivity contribution in [3.63, 3.8) is 0 Å². The van der Waals surface area contributed by atoms with Gasteiger partial charge in [-0.05, 0) is 57.3 Å². The van der Waals surface area contributed by atoms with E-state index in [0.29, 0.717) is 6.10 Å². The molecule has 0 aromatic heterocycles. The van der Waals surface area contributed by atoms with E-state index in [1.54, 1.807) is 0 Å². The topological polar surface area (TPSA) is 12.5 Å². The fourth-order valence-electron chi connectivity index (χ4n) is 3.84. The molecule has 3 rings (SSSR count). The van der Waals surface area contributed by atoms with Gasteiger partial charge in [-0.25, -0.2) is 0 Å². The summed E-state index contributed by atoms with van der Waals surface area (Å²) >= 11 is 0. The van der Waals surface area contributed by atoms with Gasteiger partial charge in [0.05, 0.1) is 12.7 Å². The van der Waals surface area contributed by atoms with Crippen LogP contribution in [0.3, 0.4) is 0 Å². The van der Waals surface area contributed by atoms with Crippen LogP contribution >= 0.6 is 0 Å². The number of ether oxygens (including phenoxy) is 1. The van der Waals surface area contributed by atoms with E-state index in [4.69, 9.17) is 4.74 Å². The van der Waals surface area contributed by atoms with E-state index in [0.717, 1.165) is 25.9 Å². The zero-order valence-electron chi connectivity index (χ0n) is 14.9. The lowest BCUT2D eigenvalue weighted by Crippen LogP contribution is -2.49. The molecule has 0 atom stereocenters. The number of hydrogen-bond donors (Lipinski definition) is 0. The number of nitrogens with zero attached hydrogens (tertiary/aromatic N) is 1. The fourth-order valence-corrected chi connectivity index (χ4v) is 3.84. The summed E-state index contributed by atoms with van der Waals surface area (Å²) in [4.78, 5) is 2.44.